The summed E-state index contributed by atoms with van der Waals surface area (Å²) in [6.45, 7) is 5.62. The quantitative estimate of drug-likeness (QED) is 0.409. The Bertz CT molecular complexity index is 946. The summed E-state index contributed by atoms with van der Waals surface area (Å²) in [5, 5.41) is 15.8. The van der Waals surface area contributed by atoms with Gasteiger partial charge in [0.15, 0.2) is 0 Å². The number of hydrogen-bond acceptors (Lipinski definition) is 7. The molecule has 1 fully saturated rings. The molecular weight excluding hydrogens is 400 g/mol. The lowest BCUT2D eigenvalue weighted by Crippen LogP contribution is -2.51. The van der Waals surface area contributed by atoms with Crippen LogP contribution in [0.5, 0.6) is 11.5 Å². The fraction of sp³-hybridized carbons (Fsp3) is 0.435. The van der Waals surface area contributed by atoms with Gasteiger partial charge in [-0.3, -0.25) is 20.2 Å². The number of nitro groups is 1. The summed E-state index contributed by atoms with van der Waals surface area (Å²) in [4.78, 5) is 25.2. The van der Waals surface area contributed by atoms with Crippen LogP contribution in [0.25, 0.3) is 0 Å². The summed E-state index contributed by atoms with van der Waals surface area (Å²) in [5.74, 6) is -0.0597. The third kappa shape index (κ3) is 3.72. The second-order valence-corrected chi connectivity index (χ2v) is 7.96. The second-order valence-electron chi connectivity index (χ2n) is 7.96. The van der Waals surface area contributed by atoms with Crippen LogP contribution in [0.3, 0.4) is 0 Å². The topological polar surface area (TPSA) is 99.9 Å². The van der Waals surface area contributed by atoms with E-state index < -0.39 is 29.0 Å². The van der Waals surface area contributed by atoms with Gasteiger partial charge in [0.2, 0.25) is 5.54 Å². The van der Waals surface area contributed by atoms with E-state index in [2.05, 4.69) is 5.32 Å². The van der Waals surface area contributed by atoms with Gasteiger partial charge in [0.05, 0.1) is 26.7 Å². The summed E-state index contributed by atoms with van der Waals surface area (Å²) in [6.07, 6.45) is 0. The highest BCUT2D eigenvalue weighted by molar-refractivity contribution is 5.83. The average molecular weight is 428 g/mol. The molecule has 0 saturated carbocycles. The van der Waals surface area contributed by atoms with E-state index in [1.54, 1.807) is 69.5 Å². The van der Waals surface area contributed by atoms with Crippen molar-refractivity contribution in [3.05, 3.63) is 69.8 Å². The van der Waals surface area contributed by atoms with Gasteiger partial charge in [-0.1, -0.05) is 24.3 Å². The Kier molecular flexibility index (Phi) is 6.22. The van der Waals surface area contributed by atoms with Crippen LogP contribution in [0.2, 0.25) is 0 Å². The lowest BCUT2D eigenvalue weighted by molar-refractivity contribution is -0.571. The number of nitrogens with one attached hydrogen (secondary N) is 1. The van der Waals surface area contributed by atoms with Crippen molar-refractivity contribution < 1.29 is 23.9 Å². The highest BCUT2D eigenvalue weighted by atomic mass is 16.6. The van der Waals surface area contributed by atoms with Crippen LogP contribution in [0, 0.1) is 10.1 Å². The Balaban J connectivity index is 2.17. The third-order valence-corrected chi connectivity index (χ3v) is 6.17. The molecule has 1 aliphatic rings. The predicted molar refractivity (Wildman–Crippen MR) is 115 cm³/mol. The molecule has 0 unspecified atom stereocenters. The van der Waals surface area contributed by atoms with E-state index in [1.807, 2.05) is 6.92 Å². The van der Waals surface area contributed by atoms with Crippen LogP contribution in [0.4, 0.5) is 0 Å². The fourth-order valence-electron chi connectivity index (χ4n) is 4.69. The van der Waals surface area contributed by atoms with Gasteiger partial charge in [0, 0.05) is 11.8 Å². The second kappa shape index (κ2) is 8.55. The molecule has 4 atom stereocenters. The lowest BCUT2D eigenvalue weighted by atomic mass is 9.70. The van der Waals surface area contributed by atoms with Crippen molar-refractivity contribution in [1.29, 1.82) is 0 Å². The van der Waals surface area contributed by atoms with Crippen molar-refractivity contribution in [2.24, 2.45) is 0 Å². The van der Waals surface area contributed by atoms with Crippen molar-refractivity contribution in [2.45, 2.75) is 43.8 Å². The van der Waals surface area contributed by atoms with E-state index in [0.29, 0.717) is 29.2 Å². The highest BCUT2D eigenvalue weighted by Gasteiger charge is 2.69. The number of hydrogen-bond donors (Lipinski definition) is 1. The maximum Gasteiger partial charge on any atom is 0.326 e. The molecule has 8 heteroatoms. The normalized spacial score (nSPS) is 27.5. The van der Waals surface area contributed by atoms with E-state index in [9.17, 15) is 14.9 Å². The molecule has 0 radical (unpaired) electrons. The SMILES string of the molecule is CCOc1ccc([C@H]2[C@](C)([N+](=O)[O-])[C@H](c3ccc(OC)cc3)N[C@]2(C)C(=O)OC)cc1. The molecule has 3 rings (SSSR count). The molecule has 1 N–H and O–H groups in total. The molecule has 2 aromatic carbocycles. The summed E-state index contributed by atoms with van der Waals surface area (Å²) in [7, 11) is 2.84. The predicted octanol–water partition coefficient (Wildman–Crippen LogP) is 3.49. The molecule has 8 nitrogen and oxygen atoms in total. The van der Waals surface area contributed by atoms with Gasteiger partial charge in [-0.15, -0.1) is 0 Å². The molecule has 0 aromatic heterocycles. The molecule has 31 heavy (non-hydrogen) atoms. The minimum absolute atomic E-state index is 0.301. The van der Waals surface area contributed by atoms with Gasteiger partial charge in [-0.25, -0.2) is 0 Å². The summed E-state index contributed by atoms with van der Waals surface area (Å²) >= 11 is 0. The Morgan fingerprint density at radius 1 is 1.03 bits per heavy atom. The van der Waals surface area contributed by atoms with Gasteiger partial charge in [-0.2, -0.15) is 0 Å². The molecular formula is C23H28N2O6. The van der Waals surface area contributed by atoms with Crippen LogP contribution in [0.15, 0.2) is 48.5 Å². The standard InChI is InChI=1S/C23H28N2O6/c1-6-31-18-13-7-15(8-14-18)19-22(2,21(26)30-5)24-20(23(19,3)25(27)28)16-9-11-17(29-4)12-10-16/h7-14,19-20,24H,6H2,1-5H3/t19-,20+,22+,23+/m1/s1. The zero-order chi connectivity index (χ0) is 22.8. The Hall–Kier alpha value is -3.13. The van der Waals surface area contributed by atoms with Crippen LogP contribution < -0.4 is 14.8 Å². The van der Waals surface area contributed by atoms with Crippen molar-refractivity contribution in [1.82, 2.24) is 5.32 Å². The monoisotopic (exact) mass is 428 g/mol. The van der Waals surface area contributed by atoms with Crippen LogP contribution in [-0.2, 0) is 9.53 Å². The molecule has 0 aliphatic carbocycles. The van der Waals surface area contributed by atoms with Crippen molar-refractivity contribution >= 4 is 5.97 Å². The number of carbonyl (C=O) groups excluding carboxylic acids is 1. The maximum atomic E-state index is 12.9. The smallest absolute Gasteiger partial charge is 0.326 e. The van der Waals surface area contributed by atoms with E-state index in [1.165, 1.54) is 7.11 Å². The number of rotatable bonds is 7. The molecule has 0 spiro atoms. The molecule has 166 valence electrons. The third-order valence-electron chi connectivity index (χ3n) is 6.17. The number of nitrogens with zero attached hydrogens (tertiary/aromatic N) is 1. The van der Waals surface area contributed by atoms with Gasteiger partial charge in [0.25, 0.3) is 0 Å². The summed E-state index contributed by atoms with van der Waals surface area (Å²) in [6, 6.07) is 13.4. The first-order chi connectivity index (χ1) is 14.7. The van der Waals surface area contributed by atoms with Crippen LogP contribution >= 0.6 is 0 Å². The fourth-order valence-corrected chi connectivity index (χ4v) is 4.69. The van der Waals surface area contributed by atoms with Gasteiger partial charge < -0.3 is 14.2 Å². The average Bonchev–Trinajstić information content (AvgIpc) is 3.03. The number of esters is 1. The van der Waals surface area contributed by atoms with E-state index in [0.717, 1.165) is 0 Å². The largest absolute Gasteiger partial charge is 0.497 e. The Morgan fingerprint density at radius 2 is 1.58 bits per heavy atom. The van der Waals surface area contributed by atoms with Gasteiger partial charge in [0.1, 0.15) is 23.1 Å². The van der Waals surface area contributed by atoms with Gasteiger partial charge in [-0.05, 0) is 49.2 Å². The van der Waals surface area contributed by atoms with E-state index >= 15 is 0 Å². The maximum absolute atomic E-state index is 12.9. The summed E-state index contributed by atoms with van der Waals surface area (Å²) in [5.41, 5.74) is -1.53. The first-order valence-corrected chi connectivity index (χ1v) is 10.1. The van der Waals surface area contributed by atoms with Crippen LogP contribution in [0.1, 0.15) is 43.9 Å². The summed E-state index contributed by atoms with van der Waals surface area (Å²) < 4.78 is 15.8. The number of ether oxygens (including phenoxy) is 3. The molecule has 1 saturated heterocycles. The zero-order valence-electron chi connectivity index (χ0n) is 18.4. The van der Waals surface area contributed by atoms with E-state index in [-0.39, 0.29) is 4.92 Å². The molecule has 1 aliphatic heterocycles. The van der Waals surface area contributed by atoms with Crippen molar-refractivity contribution in [2.75, 3.05) is 20.8 Å². The van der Waals surface area contributed by atoms with Crippen molar-refractivity contribution in [3.63, 3.8) is 0 Å². The van der Waals surface area contributed by atoms with Gasteiger partial charge >= 0.3 is 5.97 Å². The highest BCUT2D eigenvalue weighted by Crippen LogP contribution is 2.53. The van der Waals surface area contributed by atoms with E-state index in [4.69, 9.17) is 14.2 Å². The Labute approximate surface area is 181 Å². The number of carbonyl (C=O) groups is 1. The number of benzene rings is 2. The minimum Gasteiger partial charge on any atom is -0.497 e. The molecule has 2 aromatic rings. The zero-order valence-corrected chi connectivity index (χ0v) is 18.4. The molecule has 1 heterocycles. The van der Waals surface area contributed by atoms with Crippen molar-refractivity contribution in [3.8, 4) is 11.5 Å². The molecule has 0 bridgehead atoms. The minimum atomic E-state index is -1.54. The first kappa shape index (κ1) is 22.6. The molecule has 0 amide bonds. The first-order valence-electron chi connectivity index (χ1n) is 10.1. The van der Waals surface area contributed by atoms with Crippen LogP contribution in [-0.4, -0.2) is 42.8 Å². The number of methoxy groups -OCH3 is 2. The lowest BCUT2D eigenvalue weighted by Gasteiger charge is -2.32. The Morgan fingerprint density at radius 3 is 2.06 bits per heavy atom.